The van der Waals surface area contributed by atoms with E-state index in [1.165, 1.54) is 5.56 Å². The minimum absolute atomic E-state index is 0.468. The van der Waals surface area contributed by atoms with Gasteiger partial charge >= 0.3 is 0 Å². The number of aromatic amines is 1. The summed E-state index contributed by atoms with van der Waals surface area (Å²) in [5, 5.41) is 0. The molecule has 0 atom stereocenters. The largest absolute Gasteiger partial charge is 0.368 e. The molecule has 0 aliphatic heterocycles. The van der Waals surface area contributed by atoms with E-state index >= 15 is 0 Å². The summed E-state index contributed by atoms with van der Waals surface area (Å²) in [6, 6.07) is 10.2. The summed E-state index contributed by atoms with van der Waals surface area (Å²) in [5.74, 6) is 0.468. The third-order valence-electron chi connectivity index (χ3n) is 2.90. The first-order valence-electron chi connectivity index (χ1n) is 6.03. The molecule has 2 aromatic heterocycles. The number of hydrogen-bond acceptors (Lipinski definition) is 3. The Morgan fingerprint density at radius 2 is 2.05 bits per heavy atom. The van der Waals surface area contributed by atoms with Crippen molar-refractivity contribution in [2.24, 2.45) is 0 Å². The van der Waals surface area contributed by atoms with Crippen LogP contribution in [0.3, 0.4) is 0 Å². The topological polar surface area (TPSA) is 71.5 Å². The van der Waals surface area contributed by atoms with E-state index in [1.807, 2.05) is 22.8 Å². The number of nitrogen functional groups attached to an aromatic ring is 1. The molecule has 3 N–H and O–H groups in total. The van der Waals surface area contributed by atoms with Crippen molar-refractivity contribution >= 4 is 23.1 Å². The van der Waals surface area contributed by atoms with Crippen molar-refractivity contribution in [1.82, 2.24) is 15.0 Å². The molecule has 3 rings (SSSR count). The minimum atomic E-state index is 0.468. The molecule has 0 saturated heterocycles. The second kappa shape index (κ2) is 4.89. The van der Waals surface area contributed by atoms with Crippen LogP contribution >= 0.6 is 0 Å². The quantitative estimate of drug-likeness (QED) is 0.694. The first kappa shape index (κ1) is 11.4. The molecule has 0 aliphatic rings. The molecule has 0 spiro atoms. The van der Waals surface area contributed by atoms with Crippen LogP contribution < -0.4 is 10.3 Å². The van der Waals surface area contributed by atoms with Gasteiger partial charge in [0.15, 0.2) is 11.8 Å². The molecule has 0 fully saturated rings. The van der Waals surface area contributed by atoms with Crippen molar-refractivity contribution in [3.05, 3.63) is 54.6 Å². The highest BCUT2D eigenvalue weighted by Crippen LogP contribution is 2.09. The number of hydrogen-bond donors (Lipinski definition) is 2. The Morgan fingerprint density at radius 3 is 2.89 bits per heavy atom. The number of rotatable bonds is 3. The van der Waals surface area contributed by atoms with Crippen LogP contribution in [0.25, 0.3) is 17.2 Å². The highest BCUT2D eigenvalue weighted by atomic mass is 15.1. The van der Waals surface area contributed by atoms with Gasteiger partial charge in [-0.2, -0.15) is 0 Å². The SMILES string of the molecule is Nc1nc[n+](C/C=C/c2ccccc2)c2nc[nH]c12. The Hall–Kier alpha value is -2.69. The highest BCUT2D eigenvalue weighted by molar-refractivity contribution is 5.78. The number of benzene rings is 1. The second-order valence-corrected chi connectivity index (χ2v) is 4.20. The fourth-order valence-corrected chi connectivity index (χ4v) is 1.94. The Bertz CT molecular complexity index is 715. The molecule has 5 heteroatoms. The van der Waals surface area contributed by atoms with Gasteiger partial charge in [-0.15, -0.1) is 0 Å². The van der Waals surface area contributed by atoms with Crippen LogP contribution in [-0.2, 0) is 6.54 Å². The number of anilines is 1. The molecular weight excluding hydrogens is 238 g/mol. The summed E-state index contributed by atoms with van der Waals surface area (Å²) < 4.78 is 1.95. The Kier molecular flexibility index (Phi) is 2.94. The van der Waals surface area contributed by atoms with Crippen molar-refractivity contribution < 1.29 is 4.57 Å². The number of nitrogens with zero attached hydrogens (tertiary/aromatic N) is 3. The summed E-state index contributed by atoms with van der Waals surface area (Å²) in [7, 11) is 0. The summed E-state index contributed by atoms with van der Waals surface area (Å²) in [6.45, 7) is 0.698. The van der Waals surface area contributed by atoms with Gasteiger partial charge in [0.05, 0.1) is 6.54 Å². The van der Waals surface area contributed by atoms with Crippen molar-refractivity contribution in [3.63, 3.8) is 0 Å². The van der Waals surface area contributed by atoms with Gasteiger partial charge in [0, 0.05) is 0 Å². The van der Waals surface area contributed by atoms with Gasteiger partial charge in [0.1, 0.15) is 0 Å². The average molecular weight is 252 g/mol. The summed E-state index contributed by atoms with van der Waals surface area (Å²) in [6.07, 6.45) is 7.47. The molecule has 5 nitrogen and oxygen atoms in total. The fraction of sp³-hybridized carbons (Fsp3) is 0.0714. The molecule has 19 heavy (non-hydrogen) atoms. The van der Waals surface area contributed by atoms with E-state index in [9.17, 15) is 0 Å². The summed E-state index contributed by atoms with van der Waals surface area (Å²) >= 11 is 0. The number of aromatic nitrogens is 4. The van der Waals surface area contributed by atoms with Gasteiger partial charge < -0.3 is 10.7 Å². The van der Waals surface area contributed by atoms with E-state index in [2.05, 4.69) is 39.2 Å². The normalized spacial score (nSPS) is 11.4. The van der Waals surface area contributed by atoms with E-state index in [0.717, 1.165) is 11.2 Å². The standard InChI is InChI=1S/C14H13N5/c15-13-12-14(17-9-16-12)19(10-18-13)8-4-7-11-5-2-1-3-6-11/h1-7,9-10H,8H2,(H2,15,16,17)/p+1/b7-4+. The second-order valence-electron chi connectivity index (χ2n) is 4.20. The van der Waals surface area contributed by atoms with E-state index < -0.39 is 0 Å². The zero-order valence-corrected chi connectivity index (χ0v) is 10.3. The van der Waals surface area contributed by atoms with Gasteiger partial charge in [0.25, 0.3) is 5.65 Å². The van der Waals surface area contributed by atoms with Crippen molar-refractivity contribution in [3.8, 4) is 0 Å². The van der Waals surface area contributed by atoms with Gasteiger partial charge in [-0.1, -0.05) is 46.4 Å². The van der Waals surface area contributed by atoms with Crippen molar-refractivity contribution in [2.75, 3.05) is 5.73 Å². The van der Waals surface area contributed by atoms with Gasteiger partial charge in [-0.05, 0) is 11.6 Å². The average Bonchev–Trinajstić information content (AvgIpc) is 2.93. The number of H-pyrrole nitrogens is 1. The van der Waals surface area contributed by atoms with Gasteiger partial charge in [-0.25, -0.2) is 4.57 Å². The van der Waals surface area contributed by atoms with Crippen LogP contribution in [0.2, 0.25) is 0 Å². The zero-order valence-electron chi connectivity index (χ0n) is 10.3. The molecule has 0 bridgehead atoms. The third-order valence-corrected chi connectivity index (χ3v) is 2.90. The molecule has 0 aliphatic carbocycles. The van der Waals surface area contributed by atoms with E-state index in [0.29, 0.717) is 12.4 Å². The fourth-order valence-electron chi connectivity index (χ4n) is 1.94. The Morgan fingerprint density at radius 1 is 1.21 bits per heavy atom. The number of imidazole rings is 1. The maximum atomic E-state index is 5.78. The van der Waals surface area contributed by atoms with Crippen LogP contribution in [0.5, 0.6) is 0 Å². The molecule has 3 aromatic rings. The first-order chi connectivity index (χ1) is 9.34. The summed E-state index contributed by atoms with van der Waals surface area (Å²) in [5.41, 5.74) is 8.53. The number of nitrogens with one attached hydrogen (secondary N) is 1. The molecule has 94 valence electrons. The number of nitrogens with two attached hydrogens (primary N) is 1. The molecule has 2 heterocycles. The number of allylic oxidation sites excluding steroid dienone is 1. The van der Waals surface area contributed by atoms with Crippen LogP contribution in [0.15, 0.2) is 49.1 Å². The van der Waals surface area contributed by atoms with Crippen LogP contribution in [0.1, 0.15) is 5.56 Å². The molecule has 0 amide bonds. The van der Waals surface area contributed by atoms with Crippen LogP contribution in [0, 0.1) is 0 Å². The van der Waals surface area contributed by atoms with Gasteiger partial charge in [-0.3, -0.25) is 0 Å². The van der Waals surface area contributed by atoms with Crippen molar-refractivity contribution in [1.29, 1.82) is 0 Å². The highest BCUT2D eigenvalue weighted by Gasteiger charge is 2.12. The maximum Gasteiger partial charge on any atom is 0.293 e. The monoisotopic (exact) mass is 252 g/mol. The Balaban J connectivity index is 1.85. The van der Waals surface area contributed by atoms with E-state index in [-0.39, 0.29) is 0 Å². The molecule has 0 saturated carbocycles. The van der Waals surface area contributed by atoms with Crippen LogP contribution in [-0.4, -0.2) is 15.0 Å². The maximum absolute atomic E-state index is 5.78. The predicted molar refractivity (Wildman–Crippen MR) is 74.0 cm³/mol. The number of fused-ring (bicyclic) bond motifs is 1. The molecular formula is C14H14N5+. The lowest BCUT2D eigenvalue weighted by molar-refractivity contribution is -0.665. The van der Waals surface area contributed by atoms with E-state index in [4.69, 9.17) is 5.73 Å². The Labute approximate surface area is 110 Å². The molecule has 0 radical (unpaired) electrons. The lowest BCUT2D eigenvalue weighted by Crippen LogP contribution is -2.34. The van der Waals surface area contributed by atoms with E-state index in [1.54, 1.807) is 12.7 Å². The first-order valence-corrected chi connectivity index (χ1v) is 6.03. The molecule has 0 unspecified atom stereocenters. The van der Waals surface area contributed by atoms with Crippen molar-refractivity contribution in [2.45, 2.75) is 6.54 Å². The van der Waals surface area contributed by atoms with Crippen LogP contribution in [0.4, 0.5) is 5.82 Å². The lowest BCUT2D eigenvalue weighted by atomic mass is 10.2. The summed E-state index contributed by atoms with van der Waals surface area (Å²) in [4.78, 5) is 11.4. The zero-order chi connectivity index (χ0) is 13.1. The lowest BCUT2D eigenvalue weighted by Gasteiger charge is -1.97. The predicted octanol–water partition coefficient (Wildman–Crippen LogP) is 1.54. The molecule has 1 aromatic carbocycles. The van der Waals surface area contributed by atoms with Gasteiger partial charge in [0.2, 0.25) is 12.1 Å². The minimum Gasteiger partial charge on any atom is -0.368 e. The smallest absolute Gasteiger partial charge is 0.293 e. The third kappa shape index (κ3) is 2.30.